The molecule has 1 aromatic heterocycles. The van der Waals surface area contributed by atoms with E-state index in [9.17, 15) is 0 Å². The number of hydrogen-bond donors (Lipinski definition) is 1. The zero-order valence-corrected chi connectivity index (χ0v) is 20.3. The SMILES string of the molecule is CCN(CC)CCOc1ccc(-c2c3ccc(Cl)cc3nc3ccc(SC)c(N)c23)cc1. The fraction of sp³-hybridized carbons (Fsp3) is 0.269. The van der Waals surface area contributed by atoms with Gasteiger partial charge in [0, 0.05) is 32.8 Å². The first-order chi connectivity index (χ1) is 15.5. The number of nitrogen functional groups attached to an aromatic ring is 1. The van der Waals surface area contributed by atoms with Crippen LogP contribution in [-0.4, -0.2) is 42.4 Å². The summed E-state index contributed by atoms with van der Waals surface area (Å²) in [5.74, 6) is 0.865. The molecule has 0 saturated carbocycles. The first-order valence-corrected chi connectivity index (χ1v) is 12.5. The molecule has 0 fully saturated rings. The number of halogens is 1. The van der Waals surface area contributed by atoms with Crippen LogP contribution in [0.15, 0.2) is 59.5 Å². The molecular weight excluding hydrogens is 438 g/mol. The Bertz CT molecular complexity index is 1240. The summed E-state index contributed by atoms with van der Waals surface area (Å²) in [6.07, 6.45) is 2.04. The molecule has 0 aliphatic heterocycles. The first kappa shape index (κ1) is 22.7. The molecule has 0 radical (unpaired) electrons. The smallest absolute Gasteiger partial charge is 0.119 e. The van der Waals surface area contributed by atoms with Gasteiger partial charge in [0.15, 0.2) is 0 Å². The molecule has 1 heterocycles. The largest absolute Gasteiger partial charge is 0.492 e. The molecule has 4 nitrogen and oxygen atoms in total. The van der Waals surface area contributed by atoms with Crippen molar-refractivity contribution in [3.8, 4) is 16.9 Å². The van der Waals surface area contributed by atoms with Crippen LogP contribution in [0.25, 0.3) is 32.9 Å². The fourth-order valence-corrected chi connectivity index (χ4v) is 4.74. The summed E-state index contributed by atoms with van der Waals surface area (Å²) in [6, 6.07) is 18.2. The second kappa shape index (κ2) is 9.99. The van der Waals surface area contributed by atoms with E-state index in [0.29, 0.717) is 11.6 Å². The topological polar surface area (TPSA) is 51.4 Å². The van der Waals surface area contributed by atoms with E-state index in [-0.39, 0.29) is 0 Å². The lowest BCUT2D eigenvalue weighted by Gasteiger charge is -2.18. The molecule has 166 valence electrons. The summed E-state index contributed by atoms with van der Waals surface area (Å²) in [7, 11) is 0. The van der Waals surface area contributed by atoms with Gasteiger partial charge in [0.25, 0.3) is 0 Å². The minimum Gasteiger partial charge on any atom is -0.492 e. The van der Waals surface area contributed by atoms with Crippen molar-refractivity contribution < 1.29 is 4.74 Å². The number of pyridine rings is 1. The number of rotatable bonds is 8. The summed E-state index contributed by atoms with van der Waals surface area (Å²) < 4.78 is 5.98. The average Bonchev–Trinajstić information content (AvgIpc) is 2.81. The highest BCUT2D eigenvalue weighted by Crippen LogP contribution is 2.41. The molecule has 4 rings (SSSR count). The van der Waals surface area contributed by atoms with Crippen LogP contribution >= 0.6 is 23.4 Å². The molecular formula is C26H28ClN3OS. The molecule has 0 saturated heterocycles. The maximum atomic E-state index is 6.62. The van der Waals surface area contributed by atoms with Crippen LogP contribution in [0.5, 0.6) is 5.75 Å². The summed E-state index contributed by atoms with van der Waals surface area (Å²) in [5, 5.41) is 2.67. The molecule has 4 aromatic rings. The number of anilines is 1. The Kier molecular flexibility index (Phi) is 7.09. The Labute approximate surface area is 198 Å². The number of nitrogens with two attached hydrogens (primary N) is 1. The zero-order chi connectivity index (χ0) is 22.7. The van der Waals surface area contributed by atoms with Gasteiger partial charge in [0.1, 0.15) is 12.4 Å². The van der Waals surface area contributed by atoms with Gasteiger partial charge in [-0.3, -0.25) is 0 Å². The standard InChI is InChI=1S/C26H28ClN3OS/c1-4-30(5-2)14-15-31-19-9-6-17(7-10-19)24-20-11-8-18(27)16-22(20)29-21-12-13-23(32-3)26(28)25(21)24/h6-13,16H,4-5,14-15,28H2,1-3H3. The van der Waals surface area contributed by atoms with Crippen LogP contribution in [0, 0.1) is 0 Å². The summed E-state index contributed by atoms with van der Waals surface area (Å²) >= 11 is 7.91. The molecule has 0 atom stereocenters. The fourth-order valence-electron chi connectivity index (χ4n) is 4.05. The quantitative estimate of drug-likeness (QED) is 0.177. The predicted molar refractivity (Wildman–Crippen MR) is 139 cm³/mol. The summed E-state index contributed by atoms with van der Waals surface area (Å²) in [6.45, 7) is 7.99. The molecule has 0 bridgehead atoms. The van der Waals surface area contributed by atoms with Crippen LogP contribution in [0.3, 0.4) is 0 Å². The zero-order valence-electron chi connectivity index (χ0n) is 18.7. The van der Waals surface area contributed by atoms with Gasteiger partial charge >= 0.3 is 0 Å². The van der Waals surface area contributed by atoms with E-state index in [1.807, 2.05) is 48.7 Å². The van der Waals surface area contributed by atoms with Crippen molar-refractivity contribution in [2.75, 3.05) is 38.2 Å². The lowest BCUT2D eigenvalue weighted by molar-refractivity contribution is 0.223. The minimum absolute atomic E-state index is 0.668. The van der Waals surface area contributed by atoms with Gasteiger partial charge in [-0.2, -0.15) is 0 Å². The lowest BCUT2D eigenvalue weighted by Crippen LogP contribution is -2.27. The summed E-state index contributed by atoms with van der Waals surface area (Å²) in [5.41, 5.74) is 11.3. The van der Waals surface area contributed by atoms with Crippen molar-refractivity contribution in [1.29, 1.82) is 0 Å². The van der Waals surface area contributed by atoms with Crippen molar-refractivity contribution in [3.05, 3.63) is 59.6 Å². The molecule has 0 spiro atoms. The van der Waals surface area contributed by atoms with Gasteiger partial charge in [0.05, 0.1) is 16.7 Å². The number of thioether (sulfide) groups is 1. The third kappa shape index (κ3) is 4.51. The van der Waals surface area contributed by atoms with E-state index in [2.05, 4.69) is 30.9 Å². The lowest BCUT2D eigenvalue weighted by atomic mass is 9.95. The van der Waals surface area contributed by atoms with Gasteiger partial charge in [-0.1, -0.05) is 43.6 Å². The van der Waals surface area contributed by atoms with Crippen LogP contribution in [0.4, 0.5) is 5.69 Å². The Morgan fingerprint density at radius 1 is 1.00 bits per heavy atom. The van der Waals surface area contributed by atoms with Crippen LogP contribution in [-0.2, 0) is 0 Å². The van der Waals surface area contributed by atoms with Crippen molar-refractivity contribution >= 4 is 50.9 Å². The van der Waals surface area contributed by atoms with E-state index in [4.69, 9.17) is 27.1 Å². The number of benzene rings is 3. The van der Waals surface area contributed by atoms with Gasteiger partial charge in [-0.15, -0.1) is 11.8 Å². The second-order valence-corrected chi connectivity index (χ2v) is 8.91. The van der Waals surface area contributed by atoms with Crippen LogP contribution in [0.2, 0.25) is 5.02 Å². The first-order valence-electron chi connectivity index (χ1n) is 10.9. The third-order valence-corrected chi connectivity index (χ3v) is 6.87. The Balaban J connectivity index is 1.78. The number of aromatic nitrogens is 1. The summed E-state index contributed by atoms with van der Waals surface area (Å²) in [4.78, 5) is 8.24. The van der Waals surface area contributed by atoms with E-state index in [0.717, 1.165) is 68.9 Å². The van der Waals surface area contributed by atoms with Gasteiger partial charge < -0.3 is 15.4 Å². The van der Waals surface area contributed by atoms with Crippen molar-refractivity contribution in [2.45, 2.75) is 18.7 Å². The number of ether oxygens (including phenoxy) is 1. The van der Waals surface area contributed by atoms with Crippen LogP contribution < -0.4 is 10.5 Å². The van der Waals surface area contributed by atoms with Gasteiger partial charge in [0.2, 0.25) is 0 Å². The Hall–Kier alpha value is -2.47. The monoisotopic (exact) mass is 465 g/mol. The minimum atomic E-state index is 0.668. The van der Waals surface area contributed by atoms with Crippen molar-refractivity contribution in [3.63, 3.8) is 0 Å². The van der Waals surface area contributed by atoms with Crippen molar-refractivity contribution in [1.82, 2.24) is 9.88 Å². The average molecular weight is 466 g/mol. The van der Waals surface area contributed by atoms with Crippen LogP contribution in [0.1, 0.15) is 13.8 Å². The second-order valence-electron chi connectivity index (χ2n) is 7.62. The Morgan fingerprint density at radius 2 is 1.75 bits per heavy atom. The predicted octanol–water partition coefficient (Wildman–Crippen LogP) is 6.73. The van der Waals surface area contributed by atoms with E-state index >= 15 is 0 Å². The number of likely N-dealkylation sites (N-methyl/N-ethyl adjacent to an activating group) is 1. The molecule has 6 heteroatoms. The highest BCUT2D eigenvalue weighted by molar-refractivity contribution is 7.98. The van der Waals surface area contributed by atoms with Gasteiger partial charge in [-0.25, -0.2) is 4.98 Å². The molecule has 3 aromatic carbocycles. The maximum Gasteiger partial charge on any atom is 0.119 e. The number of fused-ring (bicyclic) bond motifs is 2. The molecule has 0 unspecified atom stereocenters. The molecule has 0 amide bonds. The third-order valence-electron chi connectivity index (χ3n) is 5.84. The Morgan fingerprint density at radius 3 is 2.44 bits per heavy atom. The maximum absolute atomic E-state index is 6.62. The highest BCUT2D eigenvalue weighted by Gasteiger charge is 2.16. The molecule has 0 aliphatic rings. The van der Waals surface area contributed by atoms with Crippen molar-refractivity contribution in [2.24, 2.45) is 0 Å². The highest BCUT2D eigenvalue weighted by atomic mass is 35.5. The van der Waals surface area contributed by atoms with E-state index in [1.165, 1.54) is 0 Å². The number of nitrogens with zero attached hydrogens (tertiary/aromatic N) is 2. The molecule has 0 aliphatic carbocycles. The number of hydrogen-bond acceptors (Lipinski definition) is 5. The normalized spacial score (nSPS) is 11.5. The molecule has 32 heavy (non-hydrogen) atoms. The van der Waals surface area contributed by atoms with E-state index in [1.54, 1.807) is 11.8 Å². The molecule has 2 N–H and O–H groups in total. The van der Waals surface area contributed by atoms with Gasteiger partial charge in [-0.05, 0) is 61.3 Å². The van der Waals surface area contributed by atoms with E-state index < -0.39 is 0 Å².